The molecule has 2 aromatic rings. The summed E-state index contributed by atoms with van der Waals surface area (Å²) in [6.07, 6.45) is 0. The van der Waals surface area contributed by atoms with Crippen molar-refractivity contribution in [3.05, 3.63) is 58.9 Å². The summed E-state index contributed by atoms with van der Waals surface area (Å²) in [6, 6.07) is 12.2. The maximum absolute atomic E-state index is 5.88. The molecule has 0 aliphatic heterocycles. The molecule has 2 rings (SSSR count). The first kappa shape index (κ1) is 15.4. The molecule has 1 aromatic heterocycles. The molecule has 0 spiro atoms. The van der Waals surface area contributed by atoms with Gasteiger partial charge in [0.05, 0.1) is 17.9 Å². The van der Waals surface area contributed by atoms with Crippen LogP contribution in [0.2, 0.25) is 0 Å². The van der Waals surface area contributed by atoms with Crippen molar-refractivity contribution in [1.82, 2.24) is 4.98 Å². The predicted octanol–water partition coefficient (Wildman–Crippen LogP) is 3.36. The largest absolute Gasteiger partial charge is 0.389 e. The Balaban J connectivity index is 2.40. The molecule has 0 amide bonds. The van der Waals surface area contributed by atoms with Crippen LogP contribution in [0.3, 0.4) is 0 Å². The number of rotatable bonds is 5. The Bertz CT molecular complexity index is 652. The number of hydrogen-bond donors (Lipinski definition) is 1. The number of hydrogen-bond acceptors (Lipinski definition) is 3. The Morgan fingerprint density at radius 3 is 2.52 bits per heavy atom. The van der Waals surface area contributed by atoms with Crippen LogP contribution >= 0.6 is 12.2 Å². The van der Waals surface area contributed by atoms with Gasteiger partial charge in [-0.1, -0.05) is 30.4 Å². The van der Waals surface area contributed by atoms with Crippen molar-refractivity contribution in [2.45, 2.75) is 27.3 Å². The van der Waals surface area contributed by atoms with Crippen molar-refractivity contribution in [2.75, 3.05) is 11.4 Å². The molecule has 1 aromatic carbocycles. The van der Waals surface area contributed by atoms with E-state index < -0.39 is 0 Å². The Morgan fingerprint density at radius 2 is 1.90 bits per heavy atom. The van der Waals surface area contributed by atoms with E-state index in [4.69, 9.17) is 18.0 Å². The maximum Gasteiger partial charge on any atom is 0.106 e. The minimum Gasteiger partial charge on any atom is -0.389 e. The zero-order valence-electron chi connectivity index (χ0n) is 12.8. The normalized spacial score (nSPS) is 10.4. The van der Waals surface area contributed by atoms with E-state index in [2.05, 4.69) is 29.8 Å². The average molecular weight is 299 g/mol. The molecule has 0 saturated carbocycles. The minimum absolute atomic E-state index is 0.435. The topological polar surface area (TPSA) is 42.2 Å². The Labute approximate surface area is 131 Å². The van der Waals surface area contributed by atoms with Gasteiger partial charge < -0.3 is 10.6 Å². The molecule has 3 nitrogen and oxygen atoms in total. The summed E-state index contributed by atoms with van der Waals surface area (Å²) in [5.74, 6) is 0. The highest BCUT2D eigenvalue weighted by Crippen LogP contribution is 2.26. The standard InChI is InChI=1S/C17H21N3S/c1-4-20(11-14-9-6-8-13(3)19-14)16-12(2)7-5-10-15(16)17(18)21/h5-10H,4,11H2,1-3H3,(H2,18,21). The monoisotopic (exact) mass is 299 g/mol. The van der Waals surface area contributed by atoms with E-state index in [1.807, 2.05) is 37.3 Å². The number of nitrogens with two attached hydrogens (primary N) is 1. The fraction of sp³-hybridized carbons (Fsp3) is 0.294. The average Bonchev–Trinajstić information content (AvgIpc) is 2.45. The van der Waals surface area contributed by atoms with Gasteiger partial charge in [-0.2, -0.15) is 0 Å². The van der Waals surface area contributed by atoms with Crippen molar-refractivity contribution < 1.29 is 0 Å². The van der Waals surface area contributed by atoms with Crippen molar-refractivity contribution in [3.8, 4) is 0 Å². The molecule has 0 radical (unpaired) electrons. The number of pyridine rings is 1. The van der Waals surface area contributed by atoms with Crippen LogP contribution < -0.4 is 10.6 Å². The smallest absolute Gasteiger partial charge is 0.106 e. The van der Waals surface area contributed by atoms with E-state index in [-0.39, 0.29) is 0 Å². The van der Waals surface area contributed by atoms with E-state index in [0.717, 1.165) is 35.7 Å². The van der Waals surface area contributed by atoms with Gasteiger partial charge >= 0.3 is 0 Å². The lowest BCUT2D eigenvalue weighted by molar-refractivity contribution is 0.802. The summed E-state index contributed by atoms with van der Waals surface area (Å²) >= 11 is 5.20. The van der Waals surface area contributed by atoms with Crippen molar-refractivity contribution >= 4 is 22.9 Å². The lowest BCUT2D eigenvalue weighted by Crippen LogP contribution is -2.27. The van der Waals surface area contributed by atoms with Gasteiger partial charge in [0, 0.05) is 17.8 Å². The highest BCUT2D eigenvalue weighted by molar-refractivity contribution is 7.80. The molecule has 0 atom stereocenters. The molecule has 0 aliphatic rings. The quantitative estimate of drug-likeness (QED) is 0.860. The SMILES string of the molecule is CCN(Cc1cccc(C)n1)c1c(C)cccc1C(N)=S. The molecule has 0 aliphatic carbocycles. The van der Waals surface area contributed by atoms with Gasteiger partial charge in [-0.15, -0.1) is 0 Å². The number of nitrogens with zero attached hydrogens (tertiary/aromatic N) is 2. The molecular formula is C17H21N3S. The van der Waals surface area contributed by atoms with Crippen LogP contribution in [-0.2, 0) is 6.54 Å². The first-order valence-electron chi connectivity index (χ1n) is 7.09. The Morgan fingerprint density at radius 1 is 1.19 bits per heavy atom. The molecule has 21 heavy (non-hydrogen) atoms. The molecule has 4 heteroatoms. The van der Waals surface area contributed by atoms with E-state index >= 15 is 0 Å². The summed E-state index contributed by atoms with van der Waals surface area (Å²) in [5, 5.41) is 0. The summed E-state index contributed by atoms with van der Waals surface area (Å²) in [5.41, 5.74) is 11.2. The van der Waals surface area contributed by atoms with E-state index in [1.165, 1.54) is 5.56 Å². The number of benzene rings is 1. The van der Waals surface area contributed by atoms with Gasteiger partial charge in [0.15, 0.2) is 0 Å². The summed E-state index contributed by atoms with van der Waals surface area (Å²) in [7, 11) is 0. The van der Waals surface area contributed by atoms with E-state index in [0.29, 0.717) is 4.99 Å². The van der Waals surface area contributed by atoms with Gasteiger partial charge in [0.1, 0.15) is 4.99 Å². The number of aromatic nitrogens is 1. The molecule has 0 bridgehead atoms. The van der Waals surface area contributed by atoms with Gasteiger partial charge in [-0.3, -0.25) is 4.98 Å². The lowest BCUT2D eigenvalue weighted by atomic mass is 10.1. The molecule has 1 heterocycles. The molecule has 0 saturated heterocycles. The Kier molecular flexibility index (Phi) is 4.91. The van der Waals surface area contributed by atoms with Crippen molar-refractivity contribution in [3.63, 3.8) is 0 Å². The summed E-state index contributed by atoms with van der Waals surface area (Å²) < 4.78 is 0. The maximum atomic E-state index is 5.88. The fourth-order valence-electron chi connectivity index (χ4n) is 2.51. The number of para-hydroxylation sites is 1. The third-order valence-electron chi connectivity index (χ3n) is 3.50. The molecule has 0 unspecified atom stereocenters. The second kappa shape index (κ2) is 6.68. The number of anilines is 1. The van der Waals surface area contributed by atoms with Crippen molar-refractivity contribution in [1.29, 1.82) is 0 Å². The van der Waals surface area contributed by atoms with Gasteiger partial charge in [0.2, 0.25) is 0 Å². The molecular weight excluding hydrogens is 278 g/mol. The van der Waals surface area contributed by atoms with Gasteiger partial charge in [0.25, 0.3) is 0 Å². The highest BCUT2D eigenvalue weighted by Gasteiger charge is 2.15. The second-order valence-corrected chi connectivity index (χ2v) is 5.56. The first-order valence-corrected chi connectivity index (χ1v) is 7.50. The summed E-state index contributed by atoms with van der Waals surface area (Å²) in [6.45, 7) is 7.84. The zero-order chi connectivity index (χ0) is 15.4. The molecule has 2 N–H and O–H groups in total. The first-order chi connectivity index (χ1) is 10.0. The van der Waals surface area contributed by atoms with E-state index in [1.54, 1.807) is 0 Å². The van der Waals surface area contributed by atoms with Crippen LogP contribution in [0, 0.1) is 13.8 Å². The van der Waals surface area contributed by atoms with Crippen molar-refractivity contribution in [2.24, 2.45) is 5.73 Å². The van der Waals surface area contributed by atoms with Gasteiger partial charge in [-0.25, -0.2) is 0 Å². The van der Waals surface area contributed by atoms with Crippen LogP contribution in [0.1, 0.15) is 29.4 Å². The number of aryl methyl sites for hydroxylation is 2. The van der Waals surface area contributed by atoms with Crippen LogP contribution in [-0.4, -0.2) is 16.5 Å². The van der Waals surface area contributed by atoms with Gasteiger partial charge in [-0.05, 0) is 44.5 Å². The summed E-state index contributed by atoms with van der Waals surface area (Å²) in [4.78, 5) is 7.29. The highest BCUT2D eigenvalue weighted by atomic mass is 32.1. The second-order valence-electron chi connectivity index (χ2n) is 5.12. The number of thiocarbonyl (C=S) groups is 1. The van der Waals surface area contributed by atoms with Crippen LogP contribution in [0.15, 0.2) is 36.4 Å². The van der Waals surface area contributed by atoms with Crippen LogP contribution in [0.5, 0.6) is 0 Å². The Hall–Kier alpha value is -1.94. The third kappa shape index (κ3) is 3.58. The zero-order valence-corrected chi connectivity index (χ0v) is 13.6. The fourth-order valence-corrected chi connectivity index (χ4v) is 2.67. The molecule has 110 valence electrons. The third-order valence-corrected chi connectivity index (χ3v) is 3.72. The lowest BCUT2D eigenvalue weighted by Gasteiger charge is -2.27. The van der Waals surface area contributed by atoms with Crippen LogP contribution in [0.4, 0.5) is 5.69 Å². The molecule has 0 fully saturated rings. The minimum atomic E-state index is 0.435. The van der Waals surface area contributed by atoms with E-state index in [9.17, 15) is 0 Å². The predicted molar refractivity (Wildman–Crippen MR) is 92.8 cm³/mol. The van der Waals surface area contributed by atoms with Crippen LogP contribution in [0.25, 0.3) is 0 Å².